The Morgan fingerprint density at radius 3 is 2.64 bits per heavy atom. The second-order valence-corrected chi connectivity index (χ2v) is 5.74. The van der Waals surface area contributed by atoms with Crippen LogP contribution in [0.4, 0.5) is 0 Å². The fourth-order valence-electron chi connectivity index (χ4n) is 1.03. The number of hydrogen-bond acceptors (Lipinski definition) is 3. The summed E-state index contributed by atoms with van der Waals surface area (Å²) in [6.07, 6.45) is 0. The Balaban J connectivity index is 2.28. The van der Waals surface area contributed by atoms with Crippen LogP contribution in [-0.4, -0.2) is 19.1 Å². The first-order chi connectivity index (χ1) is 6.53. The molecule has 80 valence electrons. The van der Waals surface area contributed by atoms with Gasteiger partial charge in [0.25, 0.3) is 0 Å². The van der Waals surface area contributed by atoms with E-state index in [1.54, 1.807) is 11.3 Å². The molecule has 0 bridgehead atoms. The summed E-state index contributed by atoms with van der Waals surface area (Å²) in [6.45, 7) is 6.17. The van der Waals surface area contributed by atoms with E-state index in [9.17, 15) is 0 Å². The Labute approximate surface area is 94.7 Å². The average molecular weight is 233 g/mol. The summed E-state index contributed by atoms with van der Waals surface area (Å²) in [4.78, 5) is 1.28. The lowest BCUT2D eigenvalue weighted by Gasteiger charge is -2.24. The first-order valence-electron chi connectivity index (χ1n) is 4.67. The van der Waals surface area contributed by atoms with Crippen molar-refractivity contribution in [1.82, 2.24) is 10.6 Å². The summed E-state index contributed by atoms with van der Waals surface area (Å²) in [5.41, 5.74) is 0.140. The topological polar surface area (TPSA) is 24.1 Å². The number of rotatable bonds is 5. The lowest BCUT2D eigenvalue weighted by Crippen LogP contribution is -2.45. The Kier molecular flexibility index (Phi) is 4.38. The normalized spacial score (nSPS) is 12.0. The number of hydrogen-bond donors (Lipinski definition) is 2. The first kappa shape index (κ1) is 12.0. The van der Waals surface area contributed by atoms with Crippen molar-refractivity contribution < 1.29 is 0 Å². The Morgan fingerprint density at radius 1 is 1.43 bits per heavy atom. The van der Waals surface area contributed by atoms with Crippen LogP contribution in [0.5, 0.6) is 0 Å². The number of thiophene rings is 1. The van der Waals surface area contributed by atoms with E-state index in [4.69, 9.17) is 11.6 Å². The summed E-state index contributed by atoms with van der Waals surface area (Å²) in [6, 6.07) is 4.00. The molecule has 1 rings (SSSR count). The predicted octanol–water partition coefficient (Wildman–Crippen LogP) is 2.49. The van der Waals surface area contributed by atoms with Crippen molar-refractivity contribution in [2.45, 2.75) is 25.9 Å². The minimum atomic E-state index is 0.140. The molecule has 0 fully saturated rings. The quantitative estimate of drug-likeness (QED) is 0.815. The molecule has 0 radical (unpaired) electrons. The van der Waals surface area contributed by atoms with Crippen molar-refractivity contribution in [3.05, 3.63) is 21.3 Å². The van der Waals surface area contributed by atoms with Crippen molar-refractivity contribution in [2.75, 3.05) is 13.6 Å². The lowest BCUT2D eigenvalue weighted by atomic mass is 10.1. The first-order valence-corrected chi connectivity index (χ1v) is 5.87. The maximum absolute atomic E-state index is 5.83. The number of likely N-dealkylation sites (N-methyl/N-ethyl adjacent to an activating group) is 1. The van der Waals surface area contributed by atoms with Crippen molar-refractivity contribution >= 4 is 22.9 Å². The molecule has 0 spiro atoms. The van der Waals surface area contributed by atoms with Gasteiger partial charge < -0.3 is 10.6 Å². The summed E-state index contributed by atoms with van der Waals surface area (Å²) < 4.78 is 0.856. The van der Waals surface area contributed by atoms with Crippen LogP contribution in [-0.2, 0) is 6.54 Å². The van der Waals surface area contributed by atoms with Crippen LogP contribution < -0.4 is 10.6 Å². The van der Waals surface area contributed by atoms with Gasteiger partial charge in [-0.15, -0.1) is 11.3 Å². The maximum atomic E-state index is 5.83. The molecule has 1 aromatic heterocycles. The highest BCUT2D eigenvalue weighted by Gasteiger charge is 2.13. The van der Waals surface area contributed by atoms with E-state index in [-0.39, 0.29) is 5.54 Å². The number of nitrogens with one attached hydrogen (secondary N) is 2. The SMILES string of the molecule is CNC(C)(C)CNCc1ccc(Cl)s1. The van der Waals surface area contributed by atoms with E-state index < -0.39 is 0 Å². The molecule has 0 aliphatic rings. The molecule has 0 saturated carbocycles. The van der Waals surface area contributed by atoms with Gasteiger partial charge in [-0.05, 0) is 33.0 Å². The van der Waals surface area contributed by atoms with E-state index >= 15 is 0 Å². The van der Waals surface area contributed by atoms with Crippen LogP contribution in [0.3, 0.4) is 0 Å². The smallest absolute Gasteiger partial charge is 0.0931 e. The van der Waals surface area contributed by atoms with Gasteiger partial charge in [-0.2, -0.15) is 0 Å². The molecule has 2 N–H and O–H groups in total. The predicted molar refractivity (Wildman–Crippen MR) is 64.2 cm³/mol. The highest BCUT2D eigenvalue weighted by molar-refractivity contribution is 7.16. The van der Waals surface area contributed by atoms with Crippen molar-refractivity contribution in [1.29, 1.82) is 0 Å². The molecule has 14 heavy (non-hydrogen) atoms. The highest BCUT2D eigenvalue weighted by Crippen LogP contribution is 2.20. The van der Waals surface area contributed by atoms with E-state index in [0.29, 0.717) is 0 Å². The Bertz CT molecular complexity index is 283. The number of halogens is 1. The van der Waals surface area contributed by atoms with Crippen LogP contribution in [0.15, 0.2) is 12.1 Å². The molecule has 0 amide bonds. The standard InChI is InChI=1S/C10H17ClN2S/c1-10(2,12-3)7-13-6-8-4-5-9(11)14-8/h4-5,12-13H,6-7H2,1-3H3. The van der Waals surface area contributed by atoms with Gasteiger partial charge in [0.2, 0.25) is 0 Å². The van der Waals surface area contributed by atoms with Gasteiger partial charge in [0.05, 0.1) is 4.34 Å². The largest absolute Gasteiger partial charge is 0.314 e. The average Bonchev–Trinajstić information content (AvgIpc) is 2.51. The zero-order valence-corrected chi connectivity index (χ0v) is 10.4. The van der Waals surface area contributed by atoms with Crippen LogP contribution in [0, 0.1) is 0 Å². The summed E-state index contributed by atoms with van der Waals surface area (Å²) in [7, 11) is 1.98. The van der Waals surface area contributed by atoms with Gasteiger partial charge in [0, 0.05) is 23.5 Å². The molecular formula is C10H17ClN2S. The fraction of sp³-hybridized carbons (Fsp3) is 0.600. The zero-order valence-electron chi connectivity index (χ0n) is 8.86. The Morgan fingerprint density at radius 2 is 2.14 bits per heavy atom. The lowest BCUT2D eigenvalue weighted by molar-refractivity contribution is 0.394. The van der Waals surface area contributed by atoms with E-state index in [1.165, 1.54) is 4.88 Å². The second-order valence-electron chi connectivity index (χ2n) is 3.94. The maximum Gasteiger partial charge on any atom is 0.0931 e. The second kappa shape index (κ2) is 5.12. The third kappa shape index (κ3) is 3.96. The van der Waals surface area contributed by atoms with Gasteiger partial charge in [-0.25, -0.2) is 0 Å². The minimum absolute atomic E-state index is 0.140. The Hall–Kier alpha value is -0.0900. The summed E-state index contributed by atoms with van der Waals surface area (Å²) in [5, 5.41) is 6.64. The van der Waals surface area contributed by atoms with Crippen molar-refractivity contribution in [2.24, 2.45) is 0 Å². The van der Waals surface area contributed by atoms with Crippen LogP contribution in [0.1, 0.15) is 18.7 Å². The van der Waals surface area contributed by atoms with E-state index in [0.717, 1.165) is 17.4 Å². The fourth-order valence-corrected chi connectivity index (χ4v) is 2.09. The monoisotopic (exact) mass is 232 g/mol. The van der Waals surface area contributed by atoms with Gasteiger partial charge in [0.15, 0.2) is 0 Å². The zero-order chi connectivity index (χ0) is 10.6. The van der Waals surface area contributed by atoms with Crippen LogP contribution in [0.2, 0.25) is 4.34 Å². The van der Waals surface area contributed by atoms with Crippen molar-refractivity contribution in [3.63, 3.8) is 0 Å². The third-order valence-corrected chi connectivity index (χ3v) is 3.40. The summed E-state index contributed by atoms with van der Waals surface area (Å²) in [5.74, 6) is 0. The summed E-state index contributed by atoms with van der Waals surface area (Å²) >= 11 is 7.46. The third-order valence-electron chi connectivity index (χ3n) is 2.17. The molecule has 0 saturated heterocycles. The van der Waals surface area contributed by atoms with Crippen molar-refractivity contribution in [3.8, 4) is 0 Å². The van der Waals surface area contributed by atoms with E-state index in [2.05, 4.69) is 30.5 Å². The molecule has 1 heterocycles. The molecule has 0 unspecified atom stereocenters. The molecule has 0 aromatic carbocycles. The minimum Gasteiger partial charge on any atom is -0.314 e. The van der Waals surface area contributed by atoms with Gasteiger partial charge in [-0.1, -0.05) is 11.6 Å². The van der Waals surface area contributed by atoms with Gasteiger partial charge >= 0.3 is 0 Å². The molecular weight excluding hydrogens is 216 g/mol. The van der Waals surface area contributed by atoms with Gasteiger partial charge in [-0.3, -0.25) is 0 Å². The van der Waals surface area contributed by atoms with E-state index in [1.807, 2.05) is 13.1 Å². The van der Waals surface area contributed by atoms with Crippen LogP contribution >= 0.6 is 22.9 Å². The molecule has 2 nitrogen and oxygen atoms in total. The molecule has 0 atom stereocenters. The molecule has 0 aliphatic carbocycles. The molecule has 0 aliphatic heterocycles. The van der Waals surface area contributed by atoms with Crippen LogP contribution in [0.25, 0.3) is 0 Å². The molecule has 4 heteroatoms. The van der Waals surface area contributed by atoms with Gasteiger partial charge in [0.1, 0.15) is 0 Å². The highest BCUT2D eigenvalue weighted by atomic mass is 35.5. The molecule has 1 aromatic rings.